The number of alkyl carbamates (subject to hydrolysis) is 1. The first kappa shape index (κ1) is 25.5. The number of hydrogen-bond donors (Lipinski definition) is 1. The minimum absolute atomic E-state index is 0.0764. The first-order valence-corrected chi connectivity index (χ1v) is 11.3. The van der Waals surface area contributed by atoms with Crippen molar-refractivity contribution in [1.82, 2.24) is 20.0 Å². The van der Waals surface area contributed by atoms with Gasteiger partial charge < -0.3 is 15.0 Å². The molecular formula is C24H33F2N5O3. The summed E-state index contributed by atoms with van der Waals surface area (Å²) in [4.78, 5) is 34.5. The topological polar surface area (TPSA) is 77.5 Å². The summed E-state index contributed by atoms with van der Waals surface area (Å²) in [6.07, 6.45) is 1.15. The number of allylic oxidation sites excluding steroid dienone is 1. The molecule has 0 radical (unpaired) electrons. The molecule has 1 aromatic rings. The van der Waals surface area contributed by atoms with E-state index in [0.717, 1.165) is 43.3 Å². The van der Waals surface area contributed by atoms with Gasteiger partial charge in [0, 0.05) is 44.5 Å². The number of likely N-dealkylation sites (tertiary alicyclic amines) is 1. The second-order valence-electron chi connectivity index (χ2n) is 9.58. The average Bonchev–Trinajstić information content (AvgIpc) is 2.98. The van der Waals surface area contributed by atoms with Crippen LogP contribution in [-0.2, 0) is 11.3 Å². The van der Waals surface area contributed by atoms with Gasteiger partial charge in [0.2, 0.25) is 0 Å². The number of nitrogens with zero attached hydrogens (tertiary/aromatic N) is 4. The molecule has 0 bridgehead atoms. The molecule has 0 aliphatic carbocycles. The largest absolute Gasteiger partial charge is 0.444 e. The number of urea groups is 1. The summed E-state index contributed by atoms with van der Waals surface area (Å²) in [7, 11) is 3.19. The molecule has 0 unspecified atom stereocenters. The van der Waals surface area contributed by atoms with Crippen molar-refractivity contribution in [2.45, 2.75) is 58.7 Å². The standard InChI is InChI=1S/C24H33F2N5O3/c1-15(30-11-7-8-18(14-30)28-22(32)34-24(2,3)4)20-21(27-5)29(6)23(33)31(20)13-16-12-17(25)9-10-19(16)26/h9-10,12,18H,7-8,11,13-14H2,1-6H3,(H,28,32)/b20-15-,27-21?/t18-/m1/s1. The van der Waals surface area contributed by atoms with Gasteiger partial charge in [-0.3, -0.25) is 14.8 Å². The van der Waals surface area contributed by atoms with Crippen LogP contribution in [0.3, 0.4) is 0 Å². The number of benzene rings is 1. The zero-order chi connectivity index (χ0) is 25.2. The van der Waals surface area contributed by atoms with E-state index in [0.29, 0.717) is 18.1 Å². The van der Waals surface area contributed by atoms with E-state index in [1.807, 2.05) is 27.7 Å². The van der Waals surface area contributed by atoms with E-state index < -0.39 is 23.3 Å². The van der Waals surface area contributed by atoms with E-state index in [1.54, 1.807) is 14.1 Å². The molecule has 2 aliphatic heterocycles. The molecule has 1 atom stereocenters. The van der Waals surface area contributed by atoms with Gasteiger partial charge in [0.25, 0.3) is 0 Å². The molecule has 3 amide bonds. The van der Waals surface area contributed by atoms with Crippen molar-refractivity contribution >= 4 is 18.0 Å². The summed E-state index contributed by atoms with van der Waals surface area (Å²) < 4.78 is 33.5. The van der Waals surface area contributed by atoms with Crippen molar-refractivity contribution in [3.63, 3.8) is 0 Å². The summed E-state index contributed by atoms with van der Waals surface area (Å²) in [5.74, 6) is -0.716. The SMILES string of the molecule is CN=C1/C(=C(\C)N2CCC[C@@H](NC(=O)OC(C)(C)C)C2)N(Cc2cc(F)ccc2F)C(=O)N1C. The number of nitrogens with one attached hydrogen (secondary N) is 1. The molecule has 8 nitrogen and oxygen atoms in total. The molecule has 2 heterocycles. The fourth-order valence-corrected chi connectivity index (χ4v) is 4.26. The Labute approximate surface area is 199 Å². The van der Waals surface area contributed by atoms with Crippen molar-refractivity contribution in [3.8, 4) is 0 Å². The Bertz CT molecular complexity index is 1020. The molecule has 2 saturated heterocycles. The number of amidine groups is 1. The summed E-state index contributed by atoms with van der Waals surface area (Å²) in [5, 5.41) is 2.92. The highest BCUT2D eigenvalue weighted by Crippen LogP contribution is 2.30. The van der Waals surface area contributed by atoms with Crippen LogP contribution in [-0.4, -0.2) is 71.5 Å². The smallest absolute Gasteiger partial charge is 0.407 e. The van der Waals surface area contributed by atoms with E-state index in [-0.39, 0.29) is 24.2 Å². The lowest BCUT2D eigenvalue weighted by Crippen LogP contribution is -2.48. The van der Waals surface area contributed by atoms with E-state index in [2.05, 4.69) is 15.2 Å². The normalized spacial score (nSPS) is 21.9. The van der Waals surface area contributed by atoms with Gasteiger partial charge in [-0.25, -0.2) is 18.4 Å². The van der Waals surface area contributed by atoms with Crippen LogP contribution in [0.5, 0.6) is 0 Å². The number of carbonyl (C=O) groups is 2. The van der Waals surface area contributed by atoms with Gasteiger partial charge in [-0.2, -0.15) is 0 Å². The Balaban J connectivity index is 1.88. The summed E-state index contributed by atoms with van der Waals surface area (Å²) in [6, 6.07) is 2.68. The van der Waals surface area contributed by atoms with Crippen LogP contribution >= 0.6 is 0 Å². The van der Waals surface area contributed by atoms with Crippen LogP contribution in [0, 0.1) is 11.6 Å². The number of amides is 3. The molecule has 0 spiro atoms. The van der Waals surface area contributed by atoms with Crippen LogP contribution < -0.4 is 5.32 Å². The first-order chi connectivity index (χ1) is 15.9. The average molecular weight is 478 g/mol. The van der Waals surface area contributed by atoms with Gasteiger partial charge in [0.1, 0.15) is 22.9 Å². The highest BCUT2D eigenvalue weighted by Gasteiger charge is 2.39. The maximum atomic E-state index is 14.4. The minimum atomic E-state index is -0.593. The predicted octanol–water partition coefficient (Wildman–Crippen LogP) is 4.08. The highest BCUT2D eigenvalue weighted by atomic mass is 19.1. The third kappa shape index (κ3) is 5.66. The zero-order valence-corrected chi connectivity index (χ0v) is 20.6. The van der Waals surface area contributed by atoms with Gasteiger partial charge in [0.05, 0.1) is 6.54 Å². The summed E-state index contributed by atoms with van der Waals surface area (Å²) >= 11 is 0. The maximum absolute atomic E-state index is 14.4. The lowest BCUT2D eigenvalue weighted by Gasteiger charge is -2.36. The van der Waals surface area contributed by atoms with E-state index in [1.165, 1.54) is 9.80 Å². The Morgan fingerprint density at radius 2 is 2.00 bits per heavy atom. The number of ether oxygens (including phenoxy) is 1. The Morgan fingerprint density at radius 3 is 2.65 bits per heavy atom. The van der Waals surface area contributed by atoms with E-state index >= 15 is 0 Å². The number of carbonyl (C=O) groups excluding carboxylic acids is 2. The van der Waals surface area contributed by atoms with Gasteiger partial charge in [0.15, 0.2) is 5.84 Å². The van der Waals surface area contributed by atoms with Crippen molar-refractivity contribution < 1.29 is 23.1 Å². The molecule has 2 fully saturated rings. The fourth-order valence-electron chi connectivity index (χ4n) is 4.26. The summed E-state index contributed by atoms with van der Waals surface area (Å²) in [6.45, 7) is 8.41. The van der Waals surface area contributed by atoms with Gasteiger partial charge >= 0.3 is 12.1 Å². The van der Waals surface area contributed by atoms with Crippen LogP contribution in [0.2, 0.25) is 0 Å². The lowest BCUT2D eigenvalue weighted by atomic mass is 10.0. The van der Waals surface area contributed by atoms with Crippen LogP contribution in [0.4, 0.5) is 18.4 Å². The first-order valence-electron chi connectivity index (χ1n) is 11.3. The fraction of sp³-hybridized carbons (Fsp3) is 0.542. The quantitative estimate of drug-likeness (QED) is 0.709. The van der Waals surface area contributed by atoms with E-state index in [9.17, 15) is 18.4 Å². The molecule has 0 saturated carbocycles. The van der Waals surface area contributed by atoms with Crippen LogP contribution in [0.15, 0.2) is 34.6 Å². The predicted molar refractivity (Wildman–Crippen MR) is 125 cm³/mol. The van der Waals surface area contributed by atoms with Gasteiger partial charge in [-0.1, -0.05) is 0 Å². The second kappa shape index (κ2) is 9.99. The van der Waals surface area contributed by atoms with Crippen molar-refractivity contribution in [3.05, 3.63) is 46.8 Å². The molecule has 1 aromatic carbocycles. The molecule has 34 heavy (non-hydrogen) atoms. The van der Waals surface area contributed by atoms with E-state index in [4.69, 9.17) is 4.74 Å². The third-order valence-corrected chi connectivity index (χ3v) is 5.82. The van der Waals surface area contributed by atoms with Gasteiger partial charge in [-0.05, 0) is 58.7 Å². The zero-order valence-electron chi connectivity index (χ0n) is 20.6. The molecule has 186 valence electrons. The number of likely N-dealkylation sites (N-methyl/N-ethyl adjacent to an activating group) is 1. The Hall–Kier alpha value is -3.17. The molecule has 10 heteroatoms. The Morgan fingerprint density at radius 1 is 1.29 bits per heavy atom. The number of halogens is 2. The van der Waals surface area contributed by atoms with Crippen LogP contribution in [0.25, 0.3) is 0 Å². The molecule has 0 aromatic heterocycles. The molecular weight excluding hydrogens is 444 g/mol. The molecule has 2 aliphatic rings. The molecule has 3 rings (SSSR count). The second-order valence-corrected chi connectivity index (χ2v) is 9.58. The number of aliphatic imine (C=N–C) groups is 1. The molecule has 1 N–H and O–H groups in total. The summed E-state index contributed by atoms with van der Waals surface area (Å²) in [5.41, 5.74) is 0.791. The number of hydrogen-bond acceptors (Lipinski definition) is 5. The number of rotatable bonds is 4. The van der Waals surface area contributed by atoms with Crippen molar-refractivity contribution in [1.29, 1.82) is 0 Å². The lowest BCUT2D eigenvalue weighted by molar-refractivity contribution is 0.0480. The van der Waals surface area contributed by atoms with Crippen molar-refractivity contribution in [2.75, 3.05) is 27.2 Å². The Kier molecular flexibility index (Phi) is 7.48. The monoisotopic (exact) mass is 477 g/mol. The highest BCUT2D eigenvalue weighted by molar-refractivity contribution is 6.14. The van der Waals surface area contributed by atoms with Crippen LogP contribution in [0.1, 0.15) is 46.1 Å². The minimum Gasteiger partial charge on any atom is -0.444 e. The number of piperidine rings is 1. The van der Waals surface area contributed by atoms with Crippen molar-refractivity contribution in [2.24, 2.45) is 4.99 Å². The third-order valence-electron chi connectivity index (χ3n) is 5.82. The van der Waals surface area contributed by atoms with Gasteiger partial charge in [-0.15, -0.1) is 0 Å². The maximum Gasteiger partial charge on any atom is 0.407 e.